The third kappa shape index (κ3) is 1.46. The summed E-state index contributed by atoms with van der Waals surface area (Å²) in [6.07, 6.45) is 5.23. The molecule has 1 unspecified atom stereocenters. The fourth-order valence-electron chi connectivity index (χ4n) is 0.947. The molecule has 0 aromatic heterocycles. The van der Waals surface area contributed by atoms with Crippen LogP contribution in [0.3, 0.4) is 0 Å². The zero-order chi connectivity index (χ0) is 5.82. The second-order valence-corrected chi connectivity index (χ2v) is 2.11. The molecular weight excluding hydrogens is 100 g/mol. The van der Waals surface area contributed by atoms with Gasteiger partial charge in [-0.2, -0.15) is 0 Å². The Labute approximate surface area is 50.7 Å². The number of rotatable bonds is 1. The first-order valence-electron chi connectivity index (χ1n) is 3.16. The normalized spacial score (nSPS) is 30.4. The summed E-state index contributed by atoms with van der Waals surface area (Å²) in [7, 11) is 1.98. The average Bonchev–Trinajstić information content (AvgIpc) is 1.90. The first-order chi connectivity index (χ1) is 3.93. The number of hydrogen-bond acceptors (Lipinski definition) is 2. The van der Waals surface area contributed by atoms with Crippen molar-refractivity contribution in [1.82, 2.24) is 10.6 Å². The van der Waals surface area contributed by atoms with Crippen molar-refractivity contribution in [1.29, 1.82) is 0 Å². The second-order valence-electron chi connectivity index (χ2n) is 2.11. The van der Waals surface area contributed by atoms with Gasteiger partial charge in [0.15, 0.2) is 0 Å². The Morgan fingerprint density at radius 2 is 2.62 bits per heavy atom. The van der Waals surface area contributed by atoms with Crippen LogP contribution in [0, 0.1) is 6.42 Å². The molecule has 0 amide bonds. The molecule has 0 spiro atoms. The maximum absolute atomic E-state index is 3.33. The molecule has 1 saturated heterocycles. The van der Waals surface area contributed by atoms with Crippen molar-refractivity contribution < 1.29 is 0 Å². The van der Waals surface area contributed by atoms with E-state index in [9.17, 15) is 0 Å². The molecule has 0 aliphatic carbocycles. The molecule has 47 valence electrons. The topological polar surface area (TPSA) is 24.1 Å². The molecule has 8 heavy (non-hydrogen) atoms. The van der Waals surface area contributed by atoms with Crippen LogP contribution in [0.1, 0.15) is 12.8 Å². The lowest BCUT2D eigenvalue weighted by molar-refractivity contribution is 0.412. The van der Waals surface area contributed by atoms with E-state index in [2.05, 4.69) is 17.1 Å². The first kappa shape index (κ1) is 6.05. The summed E-state index contributed by atoms with van der Waals surface area (Å²) in [5.74, 6) is 0. The van der Waals surface area contributed by atoms with Crippen molar-refractivity contribution in [2.24, 2.45) is 0 Å². The SMILES string of the molecule is CNC1C[CH]CCN1. The molecule has 1 aliphatic rings. The van der Waals surface area contributed by atoms with Crippen LogP contribution in [-0.4, -0.2) is 19.8 Å². The Morgan fingerprint density at radius 3 is 3.00 bits per heavy atom. The molecule has 0 aromatic carbocycles. The van der Waals surface area contributed by atoms with E-state index in [0.717, 1.165) is 13.0 Å². The van der Waals surface area contributed by atoms with E-state index in [1.165, 1.54) is 6.42 Å². The monoisotopic (exact) mass is 113 g/mol. The standard InChI is InChI=1S/C6H13N2/c1-7-6-4-2-3-5-8-6/h2,6-8H,3-5H2,1H3. The molecule has 1 radical (unpaired) electrons. The Morgan fingerprint density at radius 1 is 1.75 bits per heavy atom. The minimum Gasteiger partial charge on any atom is -0.305 e. The molecule has 1 heterocycles. The number of hydrogen-bond donors (Lipinski definition) is 2. The van der Waals surface area contributed by atoms with Crippen LogP contribution < -0.4 is 10.6 Å². The molecule has 1 rings (SSSR count). The van der Waals surface area contributed by atoms with Crippen molar-refractivity contribution in [3.05, 3.63) is 6.42 Å². The molecule has 1 atom stereocenters. The van der Waals surface area contributed by atoms with E-state index in [-0.39, 0.29) is 0 Å². The molecule has 2 N–H and O–H groups in total. The van der Waals surface area contributed by atoms with Crippen LogP contribution in [0.2, 0.25) is 0 Å². The van der Waals surface area contributed by atoms with Gasteiger partial charge in [-0.25, -0.2) is 0 Å². The van der Waals surface area contributed by atoms with Gasteiger partial charge in [0.05, 0.1) is 6.17 Å². The van der Waals surface area contributed by atoms with E-state index >= 15 is 0 Å². The van der Waals surface area contributed by atoms with Gasteiger partial charge in [-0.15, -0.1) is 0 Å². The number of piperidine rings is 1. The third-order valence-corrected chi connectivity index (χ3v) is 1.49. The fourth-order valence-corrected chi connectivity index (χ4v) is 0.947. The Bertz CT molecular complexity index is 57.5. The van der Waals surface area contributed by atoms with Crippen molar-refractivity contribution in [2.45, 2.75) is 19.0 Å². The van der Waals surface area contributed by atoms with Crippen molar-refractivity contribution in [2.75, 3.05) is 13.6 Å². The highest BCUT2D eigenvalue weighted by Crippen LogP contribution is 2.01. The molecule has 0 bridgehead atoms. The number of nitrogens with one attached hydrogen (secondary N) is 2. The lowest BCUT2D eigenvalue weighted by Gasteiger charge is -2.21. The van der Waals surface area contributed by atoms with Gasteiger partial charge in [-0.05, 0) is 32.9 Å². The van der Waals surface area contributed by atoms with E-state index in [4.69, 9.17) is 0 Å². The predicted octanol–water partition coefficient (Wildman–Crippen LogP) is 0.120. The molecule has 0 saturated carbocycles. The summed E-state index contributed by atoms with van der Waals surface area (Å²) in [5, 5.41) is 6.49. The second kappa shape index (κ2) is 3.05. The fraction of sp³-hybridized carbons (Fsp3) is 0.833. The highest BCUT2D eigenvalue weighted by Gasteiger charge is 2.07. The van der Waals surface area contributed by atoms with Gasteiger partial charge in [0.2, 0.25) is 0 Å². The molecular formula is C6H13N2. The molecule has 2 heteroatoms. The highest BCUT2D eigenvalue weighted by atomic mass is 15.1. The summed E-state index contributed by atoms with van der Waals surface area (Å²) in [6.45, 7) is 1.13. The predicted molar refractivity (Wildman–Crippen MR) is 34.4 cm³/mol. The largest absolute Gasteiger partial charge is 0.305 e. The zero-order valence-electron chi connectivity index (χ0n) is 5.28. The van der Waals surface area contributed by atoms with Crippen molar-refractivity contribution in [3.8, 4) is 0 Å². The summed E-state index contributed by atoms with van der Waals surface area (Å²) < 4.78 is 0. The van der Waals surface area contributed by atoms with Crippen LogP contribution in [0.4, 0.5) is 0 Å². The molecule has 1 aliphatic heterocycles. The van der Waals surface area contributed by atoms with E-state index in [0.29, 0.717) is 6.17 Å². The summed E-state index contributed by atoms with van der Waals surface area (Å²) in [4.78, 5) is 0. The van der Waals surface area contributed by atoms with Gasteiger partial charge in [0.25, 0.3) is 0 Å². The van der Waals surface area contributed by atoms with E-state index < -0.39 is 0 Å². The van der Waals surface area contributed by atoms with Gasteiger partial charge in [-0.1, -0.05) is 0 Å². The lowest BCUT2D eigenvalue weighted by atomic mass is 10.1. The average molecular weight is 113 g/mol. The van der Waals surface area contributed by atoms with Crippen LogP contribution in [-0.2, 0) is 0 Å². The minimum absolute atomic E-state index is 0.531. The van der Waals surface area contributed by atoms with Crippen molar-refractivity contribution >= 4 is 0 Å². The molecule has 0 aromatic rings. The van der Waals surface area contributed by atoms with Crippen LogP contribution in [0.15, 0.2) is 0 Å². The highest BCUT2D eigenvalue weighted by molar-refractivity contribution is 4.79. The van der Waals surface area contributed by atoms with Gasteiger partial charge in [0, 0.05) is 0 Å². The summed E-state index contributed by atoms with van der Waals surface area (Å²) in [6, 6.07) is 0. The van der Waals surface area contributed by atoms with E-state index in [1.807, 2.05) is 7.05 Å². The van der Waals surface area contributed by atoms with E-state index in [1.54, 1.807) is 0 Å². The van der Waals surface area contributed by atoms with Crippen LogP contribution in [0.25, 0.3) is 0 Å². The quantitative estimate of drug-likeness (QED) is 0.504. The van der Waals surface area contributed by atoms with Crippen LogP contribution >= 0.6 is 0 Å². The van der Waals surface area contributed by atoms with Gasteiger partial charge in [0.1, 0.15) is 0 Å². The maximum Gasteiger partial charge on any atom is 0.0571 e. The smallest absolute Gasteiger partial charge is 0.0571 e. The molecule has 1 fully saturated rings. The third-order valence-electron chi connectivity index (χ3n) is 1.49. The Hall–Kier alpha value is -0.0800. The summed E-state index contributed by atoms with van der Waals surface area (Å²) in [5.41, 5.74) is 0. The lowest BCUT2D eigenvalue weighted by Crippen LogP contribution is -2.43. The van der Waals surface area contributed by atoms with Gasteiger partial charge in [-0.3, -0.25) is 0 Å². The molecule has 2 nitrogen and oxygen atoms in total. The Balaban J connectivity index is 2.13. The van der Waals surface area contributed by atoms with Crippen LogP contribution in [0.5, 0.6) is 0 Å². The Kier molecular flexibility index (Phi) is 2.30. The van der Waals surface area contributed by atoms with Gasteiger partial charge >= 0.3 is 0 Å². The van der Waals surface area contributed by atoms with Crippen molar-refractivity contribution in [3.63, 3.8) is 0 Å². The van der Waals surface area contributed by atoms with Gasteiger partial charge < -0.3 is 10.6 Å². The first-order valence-corrected chi connectivity index (χ1v) is 3.16. The minimum atomic E-state index is 0.531. The maximum atomic E-state index is 3.33. The zero-order valence-corrected chi connectivity index (χ0v) is 5.28. The summed E-state index contributed by atoms with van der Waals surface area (Å²) >= 11 is 0.